The van der Waals surface area contributed by atoms with Gasteiger partial charge < -0.3 is 4.90 Å². The SMILES string of the molecule is [CH]c1cncc(C(=O)N(CC)CC)n1. The zero-order chi connectivity index (χ0) is 10.6. The molecule has 1 aromatic rings. The topological polar surface area (TPSA) is 46.1 Å². The first-order valence-corrected chi connectivity index (χ1v) is 4.55. The van der Waals surface area contributed by atoms with Gasteiger partial charge in [0.15, 0.2) is 0 Å². The molecule has 0 N–H and O–H groups in total. The molecule has 4 nitrogen and oxygen atoms in total. The molecule has 0 atom stereocenters. The lowest BCUT2D eigenvalue weighted by Crippen LogP contribution is -2.31. The van der Waals surface area contributed by atoms with E-state index >= 15 is 0 Å². The lowest BCUT2D eigenvalue weighted by molar-refractivity contribution is 0.0766. The summed E-state index contributed by atoms with van der Waals surface area (Å²) in [6, 6.07) is 0. The van der Waals surface area contributed by atoms with Crippen LogP contribution in [0.2, 0.25) is 0 Å². The van der Waals surface area contributed by atoms with Crippen molar-refractivity contribution in [2.75, 3.05) is 13.1 Å². The first kappa shape index (κ1) is 10.6. The fraction of sp³-hybridized carbons (Fsp3) is 0.400. The summed E-state index contributed by atoms with van der Waals surface area (Å²) >= 11 is 0. The van der Waals surface area contributed by atoms with Crippen LogP contribution in [0.5, 0.6) is 0 Å². The second-order valence-electron chi connectivity index (χ2n) is 2.81. The number of amides is 1. The smallest absolute Gasteiger partial charge is 0.274 e. The van der Waals surface area contributed by atoms with Crippen molar-refractivity contribution in [3.8, 4) is 0 Å². The van der Waals surface area contributed by atoms with Gasteiger partial charge in [0.1, 0.15) is 5.69 Å². The second-order valence-corrected chi connectivity index (χ2v) is 2.81. The van der Waals surface area contributed by atoms with E-state index in [1.807, 2.05) is 13.8 Å². The van der Waals surface area contributed by atoms with Crippen molar-refractivity contribution in [2.45, 2.75) is 13.8 Å². The third-order valence-corrected chi connectivity index (χ3v) is 1.92. The molecule has 1 heterocycles. The van der Waals surface area contributed by atoms with Gasteiger partial charge in [0.05, 0.1) is 11.9 Å². The molecule has 0 bridgehead atoms. The maximum atomic E-state index is 11.7. The van der Waals surface area contributed by atoms with Crippen molar-refractivity contribution in [1.29, 1.82) is 0 Å². The fourth-order valence-corrected chi connectivity index (χ4v) is 1.16. The molecule has 4 heteroatoms. The second kappa shape index (κ2) is 4.69. The van der Waals surface area contributed by atoms with Gasteiger partial charge in [0, 0.05) is 26.2 Å². The number of aromatic nitrogens is 2. The van der Waals surface area contributed by atoms with Crippen molar-refractivity contribution in [3.05, 3.63) is 30.7 Å². The Labute approximate surface area is 84.0 Å². The summed E-state index contributed by atoms with van der Waals surface area (Å²) in [6.45, 7) is 10.6. The summed E-state index contributed by atoms with van der Waals surface area (Å²) in [7, 11) is 0. The first-order valence-electron chi connectivity index (χ1n) is 4.55. The first-order chi connectivity index (χ1) is 6.69. The molecule has 0 unspecified atom stereocenters. The van der Waals surface area contributed by atoms with E-state index in [1.54, 1.807) is 4.90 Å². The van der Waals surface area contributed by atoms with E-state index in [0.717, 1.165) is 0 Å². The number of nitrogens with zero attached hydrogens (tertiary/aromatic N) is 3. The Balaban J connectivity index is 2.88. The molecular weight excluding hydrogens is 178 g/mol. The van der Waals surface area contributed by atoms with E-state index in [1.165, 1.54) is 12.4 Å². The van der Waals surface area contributed by atoms with Crippen LogP contribution in [-0.4, -0.2) is 33.9 Å². The maximum absolute atomic E-state index is 11.7. The fourth-order valence-electron chi connectivity index (χ4n) is 1.16. The number of hydrogen-bond donors (Lipinski definition) is 0. The van der Waals surface area contributed by atoms with Crippen molar-refractivity contribution in [1.82, 2.24) is 14.9 Å². The standard InChI is InChI=1S/C10H13N3O/c1-4-13(5-2)10(14)9-7-11-6-8(3)12-9/h3,6-7H,4-5H2,1-2H3. The largest absolute Gasteiger partial charge is 0.338 e. The van der Waals surface area contributed by atoms with Crippen LogP contribution in [0, 0.1) is 6.92 Å². The molecule has 0 spiro atoms. The van der Waals surface area contributed by atoms with Gasteiger partial charge in [0.2, 0.25) is 0 Å². The Kier molecular flexibility index (Phi) is 3.56. The maximum Gasteiger partial charge on any atom is 0.274 e. The van der Waals surface area contributed by atoms with Gasteiger partial charge in [-0.15, -0.1) is 0 Å². The predicted octanol–water partition coefficient (Wildman–Crippen LogP) is 1.02. The highest BCUT2D eigenvalue weighted by molar-refractivity contribution is 5.92. The zero-order valence-corrected chi connectivity index (χ0v) is 8.40. The van der Waals surface area contributed by atoms with Crippen LogP contribution < -0.4 is 0 Å². The highest BCUT2D eigenvalue weighted by Crippen LogP contribution is 2.00. The van der Waals surface area contributed by atoms with Gasteiger partial charge in [0.25, 0.3) is 5.91 Å². The summed E-state index contributed by atoms with van der Waals surface area (Å²) in [6.07, 6.45) is 2.84. The molecule has 1 aromatic heterocycles. The van der Waals surface area contributed by atoms with E-state index < -0.39 is 0 Å². The number of rotatable bonds is 3. The molecule has 0 fully saturated rings. The van der Waals surface area contributed by atoms with E-state index in [-0.39, 0.29) is 11.6 Å². The van der Waals surface area contributed by atoms with Crippen LogP contribution in [0.15, 0.2) is 12.4 Å². The van der Waals surface area contributed by atoms with E-state index in [9.17, 15) is 4.79 Å². The third-order valence-electron chi connectivity index (χ3n) is 1.92. The van der Waals surface area contributed by atoms with E-state index in [4.69, 9.17) is 6.92 Å². The van der Waals surface area contributed by atoms with E-state index in [0.29, 0.717) is 18.8 Å². The van der Waals surface area contributed by atoms with Crippen LogP contribution in [-0.2, 0) is 0 Å². The number of carbonyl (C=O) groups is 1. The lowest BCUT2D eigenvalue weighted by atomic mass is 10.3. The molecule has 0 aliphatic rings. The van der Waals surface area contributed by atoms with Gasteiger partial charge in [-0.05, 0) is 13.8 Å². The minimum absolute atomic E-state index is 0.130. The lowest BCUT2D eigenvalue weighted by Gasteiger charge is -2.17. The molecule has 0 saturated carbocycles. The highest BCUT2D eigenvalue weighted by atomic mass is 16.2. The number of carbonyl (C=O) groups excluding carboxylic acids is 1. The molecule has 0 aliphatic carbocycles. The Hall–Kier alpha value is -1.45. The highest BCUT2D eigenvalue weighted by Gasteiger charge is 2.13. The van der Waals surface area contributed by atoms with Crippen LogP contribution >= 0.6 is 0 Å². The summed E-state index contributed by atoms with van der Waals surface area (Å²) in [4.78, 5) is 21.1. The van der Waals surface area contributed by atoms with Crippen LogP contribution in [0.1, 0.15) is 30.0 Å². The summed E-state index contributed by atoms with van der Waals surface area (Å²) in [5.41, 5.74) is 0.566. The van der Waals surface area contributed by atoms with Crippen LogP contribution in [0.25, 0.3) is 0 Å². The molecule has 0 aliphatic heterocycles. The summed E-state index contributed by atoms with van der Waals surface area (Å²) < 4.78 is 0. The van der Waals surface area contributed by atoms with Crippen LogP contribution in [0.4, 0.5) is 0 Å². The molecule has 14 heavy (non-hydrogen) atoms. The average Bonchev–Trinajstić information content (AvgIpc) is 2.19. The molecule has 74 valence electrons. The van der Waals surface area contributed by atoms with Gasteiger partial charge in [-0.3, -0.25) is 9.78 Å². The minimum atomic E-state index is -0.130. The molecule has 0 saturated heterocycles. The molecule has 1 rings (SSSR count). The van der Waals surface area contributed by atoms with Crippen LogP contribution in [0.3, 0.4) is 0 Å². The Morgan fingerprint density at radius 2 is 2.07 bits per heavy atom. The van der Waals surface area contributed by atoms with Gasteiger partial charge >= 0.3 is 0 Å². The zero-order valence-electron chi connectivity index (χ0n) is 8.40. The predicted molar refractivity (Wildman–Crippen MR) is 52.7 cm³/mol. The Morgan fingerprint density at radius 1 is 1.43 bits per heavy atom. The molecular formula is C10H13N3O. The molecule has 0 aromatic carbocycles. The Morgan fingerprint density at radius 3 is 2.57 bits per heavy atom. The van der Waals surface area contributed by atoms with Crippen molar-refractivity contribution < 1.29 is 4.79 Å². The number of hydrogen-bond acceptors (Lipinski definition) is 3. The van der Waals surface area contributed by atoms with Crippen molar-refractivity contribution in [2.24, 2.45) is 0 Å². The van der Waals surface area contributed by atoms with E-state index in [2.05, 4.69) is 9.97 Å². The van der Waals surface area contributed by atoms with Gasteiger partial charge in [-0.25, -0.2) is 4.98 Å². The monoisotopic (exact) mass is 191 g/mol. The van der Waals surface area contributed by atoms with Gasteiger partial charge in [-0.1, -0.05) is 0 Å². The van der Waals surface area contributed by atoms with Crippen molar-refractivity contribution in [3.63, 3.8) is 0 Å². The summed E-state index contributed by atoms with van der Waals surface area (Å²) in [5.74, 6) is -0.130. The third kappa shape index (κ3) is 2.28. The summed E-state index contributed by atoms with van der Waals surface area (Å²) in [5, 5.41) is 0. The minimum Gasteiger partial charge on any atom is -0.338 e. The average molecular weight is 191 g/mol. The van der Waals surface area contributed by atoms with Crippen molar-refractivity contribution >= 4 is 5.91 Å². The van der Waals surface area contributed by atoms with Gasteiger partial charge in [-0.2, -0.15) is 0 Å². The quantitative estimate of drug-likeness (QED) is 0.716. The normalized spacial score (nSPS) is 9.93. The molecule has 1 amide bonds. The Bertz CT molecular complexity index is 321. The molecule has 2 radical (unpaired) electrons.